The molecule has 7 heteroatoms. The summed E-state index contributed by atoms with van der Waals surface area (Å²) in [7, 11) is -3.82. The largest absolute Gasteiger partial charge is 0.377 e. The summed E-state index contributed by atoms with van der Waals surface area (Å²) >= 11 is 0. The van der Waals surface area contributed by atoms with Gasteiger partial charge in [0.25, 0.3) is 0 Å². The molecule has 6 nitrogen and oxygen atoms in total. The van der Waals surface area contributed by atoms with Gasteiger partial charge in [-0.2, -0.15) is 14.8 Å². The molecule has 0 N–H and O–H groups in total. The summed E-state index contributed by atoms with van der Waals surface area (Å²) in [6, 6.07) is 9.97. The minimum atomic E-state index is -3.82. The Morgan fingerprint density at radius 2 is 2.09 bits per heavy atom. The van der Waals surface area contributed by atoms with Crippen LogP contribution in [0.25, 0.3) is 0 Å². The van der Waals surface area contributed by atoms with Crippen molar-refractivity contribution in [2.45, 2.75) is 30.3 Å². The van der Waals surface area contributed by atoms with Gasteiger partial charge in [-0.15, -0.1) is 0 Å². The van der Waals surface area contributed by atoms with Crippen LogP contribution in [0, 0.1) is 22.7 Å². The number of sulfonamides is 1. The molecule has 116 valence electrons. The number of nitrogens with zero attached hydrogens (tertiary/aromatic N) is 3. The molecule has 0 spiro atoms. The number of rotatable bonds is 6. The van der Waals surface area contributed by atoms with E-state index in [1.165, 1.54) is 16.4 Å². The Labute approximate surface area is 130 Å². The van der Waals surface area contributed by atoms with Gasteiger partial charge in [-0.05, 0) is 25.0 Å². The maximum absolute atomic E-state index is 12.8. The highest BCUT2D eigenvalue weighted by Gasteiger charge is 2.30. The quantitative estimate of drug-likeness (QED) is 0.794. The van der Waals surface area contributed by atoms with Crippen LogP contribution >= 0.6 is 0 Å². The van der Waals surface area contributed by atoms with Crippen molar-refractivity contribution < 1.29 is 13.2 Å². The molecule has 1 saturated heterocycles. The summed E-state index contributed by atoms with van der Waals surface area (Å²) in [4.78, 5) is -0.0200. The third-order valence-electron chi connectivity index (χ3n) is 3.53. The molecule has 22 heavy (non-hydrogen) atoms. The zero-order valence-corrected chi connectivity index (χ0v) is 12.9. The van der Waals surface area contributed by atoms with E-state index in [4.69, 9.17) is 15.3 Å². The summed E-state index contributed by atoms with van der Waals surface area (Å²) in [5, 5.41) is 17.9. The van der Waals surface area contributed by atoms with Crippen molar-refractivity contribution in [1.82, 2.24) is 4.31 Å². The molecule has 0 amide bonds. The maximum atomic E-state index is 12.8. The molecule has 1 aliphatic rings. The van der Waals surface area contributed by atoms with Gasteiger partial charge in [0, 0.05) is 26.1 Å². The fourth-order valence-corrected chi connectivity index (χ4v) is 4.04. The molecule has 0 radical (unpaired) electrons. The molecule has 0 saturated carbocycles. The average Bonchev–Trinajstić information content (AvgIpc) is 3.04. The Morgan fingerprint density at radius 3 is 2.73 bits per heavy atom. The Morgan fingerprint density at radius 1 is 1.32 bits per heavy atom. The van der Waals surface area contributed by atoms with Crippen LogP contribution in [0.5, 0.6) is 0 Å². The summed E-state index contributed by atoms with van der Waals surface area (Å²) in [5.41, 5.74) is 0.108. The van der Waals surface area contributed by atoms with Crippen molar-refractivity contribution in [2.75, 3.05) is 19.7 Å². The van der Waals surface area contributed by atoms with Crippen LogP contribution in [0.2, 0.25) is 0 Å². The highest BCUT2D eigenvalue weighted by atomic mass is 32.2. The average molecular weight is 319 g/mol. The highest BCUT2D eigenvalue weighted by molar-refractivity contribution is 7.89. The molecule has 1 aromatic rings. The third kappa shape index (κ3) is 3.63. The van der Waals surface area contributed by atoms with Crippen molar-refractivity contribution in [3.8, 4) is 12.1 Å². The van der Waals surface area contributed by atoms with Crippen molar-refractivity contribution in [3.63, 3.8) is 0 Å². The SMILES string of the molecule is N#CCCN(CC1CCCO1)S(=O)(=O)c1ccccc1C#N. The Hall–Kier alpha value is -1.93. The molecule has 0 aromatic heterocycles. The molecule has 0 bridgehead atoms. The normalized spacial score (nSPS) is 18.0. The lowest BCUT2D eigenvalue weighted by Gasteiger charge is -2.24. The van der Waals surface area contributed by atoms with Crippen molar-refractivity contribution >= 4 is 10.0 Å². The van der Waals surface area contributed by atoms with Gasteiger partial charge in [-0.1, -0.05) is 12.1 Å². The molecule has 1 aliphatic heterocycles. The van der Waals surface area contributed by atoms with E-state index in [1.54, 1.807) is 12.1 Å². The Balaban J connectivity index is 2.31. The van der Waals surface area contributed by atoms with E-state index in [0.29, 0.717) is 6.61 Å². The van der Waals surface area contributed by atoms with Gasteiger partial charge in [-0.25, -0.2) is 8.42 Å². The topological polar surface area (TPSA) is 94.2 Å². The minimum absolute atomic E-state index is 0.0200. The lowest BCUT2D eigenvalue weighted by atomic mass is 10.2. The van der Waals surface area contributed by atoms with Gasteiger partial charge in [0.1, 0.15) is 6.07 Å². The van der Waals surface area contributed by atoms with Gasteiger partial charge in [0.05, 0.1) is 22.6 Å². The van der Waals surface area contributed by atoms with Crippen LogP contribution in [-0.4, -0.2) is 38.5 Å². The number of hydrogen-bond acceptors (Lipinski definition) is 5. The smallest absolute Gasteiger partial charge is 0.244 e. The Kier molecular flexibility index (Phi) is 5.51. The minimum Gasteiger partial charge on any atom is -0.377 e. The van der Waals surface area contributed by atoms with E-state index in [1.807, 2.05) is 12.1 Å². The zero-order chi connectivity index (χ0) is 16.0. The molecular formula is C15H17N3O3S. The lowest BCUT2D eigenvalue weighted by molar-refractivity contribution is 0.0941. The van der Waals surface area contributed by atoms with E-state index in [9.17, 15) is 8.42 Å². The van der Waals surface area contributed by atoms with Crippen LogP contribution in [-0.2, 0) is 14.8 Å². The number of nitriles is 2. The first kappa shape index (κ1) is 16.4. The molecule has 2 rings (SSSR count). The second-order valence-electron chi connectivity index (χ2n) is 5.01. The molecule has 1 atom stereocenters. The predicted molar refractivity (Wildman–Crippen MR) is 79.1 cm³/mol. The molecule has 1 fully saturated rings. The van der Waals surface area contributed by atoms with Gasteiger partial charge >= 0.3 is 0 Å². The summed E-state index contributed by atoms with van der Waals surface area (Å²) in [6.07, 6.45) is 1.66. The Bertz CT molecular complexity index is 697. The van der Waals surface area contributed by atoms with E-state index in [-0.39, 0.29) is 36.1 Å². The molecule has 1 heterocycles. The van der Waals surface area contributed by atoms with Crippen LogP contribution in [0.3, 0.4) is 0 Å². The second-order valence-corrected chi connectivity index (χ2v) is 6.92. The molecule has 0 aliphatic carbocycles. The zero-order valence-electron chi connectivity index (χ0n) is 12.1. The molecular weight excluding hydrogens is 302 g/mol. The summed E-state index contributed by atoms with van der Waals surface area (Å²) in [5.74, 6) is 0. The van der Waals surface area contributed by atoms with Gasteiger partial charge in [-0.3, -0.25) is 0 Å². The molecule has 1 aromatic carbocycles. The second kappa shape index (κ2) is 7.37. The summed E-state index contributed by atoms with van der Waals surface area (Å²) in [6.45, 7) is 0.938. The van der Waals surface area contributed by atoms with Gasteiger partial charge in [0.2, 0.25) is 10.0 Å². The fraction of sp³-hybridized carbons (Fsp3) is 0.467. The first-order valence-electron chi connectivity index (χ1n) is 7.07. The monoisotopic (exact) mass is 319 g/mol. The van der Waals surface area contributed by atoms with Gasteiger partial charge < -0.3 is 4.74 Å². The first-order valence-corrected chi connectivity index (χ1v) is 8.51. The van der Waals surface area contributed by atoms with E-state index in [2.05, 4.69) is 0 Å². The number of ether oxygens (including phenoxy) is 1. The fourth-order valence-electron chi connectivity index (χ4n) is 2.42. The molecule has 1 unspecified atom stereocenters. The van der Waals surface area contributed by atoms with Crippen LogP contribution in [0.15, 0.2) is 29.2 Å². The van der Waals surface area contributed by atoms with Crippen molar-refractivity contribution in [2.24, 2.45) is 0 Å². The number of hydrogen-bond donors (Lipinski definition) is 0. The highest BCUT2D eigenvalue weighted by Crippen LogP contribution is 2.22. The van der Waals surface area contributed by atoms with Crippen LogP contribution < -0.4 is 0 Å². The van der Waals surface area contributed by atoms with Crippen molar-refractivity contribution in [3.05, 3.63) is 29.8 Å². The van der Waals surface area contributed by atoms with E-state index >= 15 is 0 Å². The first-order chi connectivity index (χ1) is 10.6. The number of benzene rings is 1. The van der Waals surface area contributed by atoms with Crippen molar-refractivity contribution in [1.29, 1.82) is 10.5 Å². The maximum Gasteiger partial charge on any atom is 0.244 e. The van der Waals surface area contributed by atoms with Crippen LogP contribution in [0.4, 0.5) is 0 Å². The van der Waals surface area contributed by atoms with Crippen LogP contribution in [0.1, 0.15) is 24.8 Å². The standard InChI is InChI=1S/C15H17N3O3S/c16-8-4-9-18(12-14-6-3-10-21-14)22(19,20)15-7-2-1-5-13(15)11-17/h1-2,5,7,14H,3-4,6,9-10,12H2. The predicted octanol–water partition coefficient (Wildman–Crippen LogP) is 1.64. The summed E-state index contributed by atoms with van der Waals surface area (Å²) < 4.78 is 32.4. The van der Waals surface area contributed by atoms with Gasteiger partial charge in [0.15, 0.2) is 0 Å². The third-order valence-corrected chi connectivity index (χ3v) is 5.45. The van der Waals surface area contributed by atoms with E-state index < -0.39 is 10.0 Å². The van der Waals surface area contributed by atoms with E-state index in [0.717, 1.165) is 12.8 Å². The lowest BCUT2D eigenvalue weighted by Crippen LogP contribution is -2.38.